The average Bonchev–Trinajstić information content (AvgIpc) is 3.53. The van der Waals surface area contributed by atoms with Crippen LogP contribution in [0.5, 0.6) is 11.5 Å². The van der Waals surface area contributed by atoms with E-state index in [0.717, 1.165) is 32.2 Å². The molecule has 0 radical (unpaired) electrons. The summed E-state index contributed by atoms with van der Waals surface area (Å²) >= 11 is 0. The molecule has 2 aliphatic carbocycles. The smallest absolute Gasteiger partial charge is 0.323 e. The van der Waals surface area contributed by atoms with Crippen molar-refractivity contribution in [3.05, 3.63) is 41.7 Å². The molecule has 3 aliphatic rings. The molecule has 0 aromatic heterocycles. The first-order chi connectivity index (χ1) is 17.8. The average molecular weight is 512 g/mol. The lowest BCUT2D eigenvalue weighted by molar-refractivity contribution is -0.138. The molecule has 2 amide bonds. The SMILES string of the molecule is CC(C)CN(c1cc(F)c(C2CC2C(=O)O)cc1NC(=O)Nc1ccc2c(c1)OCO2)C1CCCCC1. The molecule has 2 saturated carbocycles. The van der Waals surface area contributed by atoms with Gasteiger partial charge < -0.3 is 30.1 Å². The van der Waals surface area contributed by atoms with E-state index in [9.17, 15) is 14.7 Å². The number of nitrogens with zero attached hydrogens (tertiary/aromatic N) is 1. The quantitative estimate of drug-likeness (QED) is 0.391. The Balaban J connectivity index is 1.46. The number of ether oxygens (including phenoxy) is 2. The van der Waals surface area contributed by atoms with Gasteiger partial charge >= 0.3 is 12.0 Å². The molecule has 0 bridgehead atoms. The second-order valence-electron chi connectivity index (χ2n) is 10.7. The third-order valence-electron chi connectivity index (χ3n) is 7.39. The van der Waals surface area contributed by atoms with Crippen molar-refractivity contribution in [2.75, 3.05) is 28.9 Å². The van der Waals surface area contributed by atoms with Gasteiger partial charge in [-0.1, -0.05) is 33.1 Å². The maximum Gasteiger partial charge on any atom is 0.323 e. The molecule has 2 atom stereocenters. The minimum atomic E-state index is -0.924. The molecule has 1 aliphatic heterocycles. The highest BCUT2D eigenvalue weighted by Gasteiger charge is 2.46. The first kappa shape index (κ1) is 25.2. The number of anilines is 3. The normalized spacial score (nSPS) is 20.5. The van der Waals surface area contributed by atoms with Crippen LogP contribution < -0.4 is 25.0 Å². The number of aliphatic carboxylic acids is 1. The number of carboxylic acids is 1. The number of carbonyl (C=O) groups excluding carboxylic acids is 1. The van der Waals surface area contributed by atoms with Crippen molar-refractivity contribution in [1.82, 2.24) is 0 Å². The van der Waals surface area contributed by atoms with Gasteiger partial charge in [0.25, 0.3) is 0 Å². The van der Waals surface area contributed by atoms with Gasteiger partial charge in [0.05, 0.1) is 17.3 Å². The molecule has 2 unspecified atom stereocenters. The van der Waals surface area contributed by atoms with Crippen molar-refractivity contribution in [3.8, 4) is 11.5 Å². The summed E-state index contributed by atoms with van der Waals surface area (Å²) in [5.74, 6) is -0.831. The largest absolute Gasteiger partial charge is 0.481 e. The summed E-state index contributed by atoms with van der Waals surface area (Å²) in [6.45, 7) is 5.12. The van der Waals surface area contributed by atoms with E-state index in [0.29, 0.717) is 46.5 Å². The Labute approximate surface area is 216 Å². The Morgan fingerprint density at radius 3 is 2.54 bits per heavy atom. The molecule has 0 spiro atoms. The van der Waals surface area contributed by atoms with Gasteiger partial charge in [0.1, 0.15) is 5.82 Å². The van der Waals surface area contributed by atoms with E-state index in [4.69, 9.17) is 9.47 Å². The maximum atomic E-state index is 15.5. The molecule has 0 saturated heterocycles. The van der Waals surface area contributed by atoms with Gasteiger partial charge in [-0.15, -0.1) is 0 Å². The molecule has 9 heteroatoms. The molecule has 5 rings (SSSR count). The third kappa shape index (κ3) is 5.60. The monoisotopic (exact) mass is 511 g/mol. The fourth-order valence-corrected chi connectivity index (χ4v) is 5.50. The minimum absolute atomic E-state index is 0.137. The van der Waals surface area contributed by atoms with Crippen LogP contribution in [0.3, 0.4) is 0 Å². The number of halogens is 1. The summed E-state index contributed by atoms with van der Waals surface area (Å²) in [6, 6.07) is 8.04. The van der Waals surface area contributed by atoms with Crippen LogP contribution in [0.2, 0.25) is 0 Å². The molecule has 3 N–H and O–H groups in total. The summed E-state index contributed by atoms with van der Waals surface area (Å²) in [7, 11) is 0. The molecule has 8 nitrogen and oxygen atoms in total. The maximum absolute atomic E-state index is 15.5. The molecule has 198 valence electrons. The molecule has 2 fully saturated rings. The minimum Gasteiger partial charge on any atom is -0.481 e. The summed E-state index contributed by atoms with van der Waals surface area (Å²) in [4.78, 5) is 26.8. The van der Waals surface area contributed by atoms with Crippen molar-refractivity contribution >= 4 is 29.1 Å². The van der Waals surface area contributed by atoms with Crippen LogP contribution in [0.25, 0.3) is 0 Å². The molecule has 2 aromatic carbocycles. The molecule has 1 heterocycles. The standard InChI is InChI=1S/C28H34FN3O5/c1-16(2)14-32(18-6-4-3-5-7-18)24-13-22(29)20(19-11-21(19)27(33)34)12-23(24)31-28(35)30-17-8-9-25-26(10-17)37-15-36-25/h8-10,12-13,16,18-19,21H,3-7,11,14-15H2,1-2H3,(H,33,34)(H2,30,31,35). The number of urea groups is 1. The van der Waals surface area contributed by atoms with E-state index in [1.807, 2.05) is 0 Å². The van der Waals surface area contributed by atoms with Crippen molar-refractivity contribution < 1.29 is 28.6 Å². The fraction of sp³-hybridized carbons (Fsp3) is 0.500. The van der Waals surface area contributed by atoms with Crippen LogP contribution in [0.1, 0.15) is 63.9 Å². The first-order valence-corrected chi connectivity index (χ1v) is 13.1. The Morgan fingerprint density at radius 2 is 1.84 bits per heavy atom. The number of nitrogens with one attached hydrogen (secondary N) is 2. The second-order valence-corrected chi connectivity index (χ2v) is 10.7. The zero-order chi connectivity index (χ0) is 26.1. The topological polar surface area (TPSA) is 100 Å². The number of carbonyl (C=O) groups is 2. The number of fused-ring (bicyclic) bond motifs is 1. The Morgan fingerprint density at radius 1 is 1.08 bits per heavy atom. The van der Waals surface area contributed by atoms with Crippen LogP contribution in [0.4, 0.5) is 26.2 Å². The van der Waals surface area contributed by atoms with Crippen molar-refractivity contribution in [2.45, 2.75) is 64.3 Å². The Hall–Kier alpha value is -3.49. The second kappa shape index (κ2) is 10.5. The van der Waals surface area contributed by atoms with E-state index in [-0.39, 0.29) is 12.8 Å². The van der Waals surface area contributed by atoms with Gasteiger partial charge in [-0.3, -0.25) is 4.79 Å². The van der Waals surface area contributed by atoms with Crippen molar-refractivity contribution in [2.24, 2.45) is 11.8 Å². The molecule has 37 heavy (non-hydrogen) atoms. The number of rotatable bonds is 8. The molecular weight excluding hydrogens is 477 g/mol. The van der Waals surface area contributed by atoms with E-state index >= 15 is 4.39 Å². The van der Waals surface area contributed by atoms with Gasteiger partial charge in [-0.25, -0.2) is 9.18 Å². The van der Waals surface area contributed by atoms with E-state index in [2.05, 4.69) is 29.4 Å². The zero-order valence-corrected chi connectivity index (χ0v) is 21.3. The van der Waals surface area contributed by atoms with Crippen molar-refractivity contribution in [3.63, 3.8) is 0 Å². The van der Waals surface area contributed by atoms with Crippen LogP contribution in [-0.4, -0.2) is 36.5 Å². The lowest BCUT2D eigenvalue weighted by Gasteiger charge is -2.38. The fourth-order valence-electron chi connectivity index (χ4n) is 5.50. The van der Waals surface area contributed by atoms with Gasteiger partial charge in [-0.05, 0) is 55.0 Å². The van der Waals surface area contributed by atoms with Crippen molar-refractivity contribution in [1.29, 1.82) is 0 Å². The summed E-state index contributed by atoms with van der Waals surface area (Å²) in [5.41, 5.74) is 1.99. The zero-order valence-electron chi connectivity index (χ0n) is 21.3. The number of benzene rings is 2. The highest BCUT2D eigenvalue weighted by molar-refractivity contribution is 6.02. The van der Waals surface area contributed by atoms with E-state index in [1.165, 1.54) is 12.5 Å². The Kier molecular flexibility index (Phi) is 7.13. The first-order valence-electron chi connectivity index (χ1n) is 13.1. The molecule has 2 aromatic rings. The van der Waals surface area contributed by atoms with Gasteiger partial charge in [0, 0.05) is 30.3 Å². The van der Waals surface area contributed by atoms with Gasteiger partial charge in [0.2, 0.25) is 6.79 Å². The summed E-state index contributed by atoms with van der Waals surface area (Å²) in [5, 5.41) is 15.2. The third-order valence-corrected chi connectivity index (χ3v) is 7.39. The van der Waals surface area contributed by atoms with Crippen LogP contribution in [-0.2, 0) is 4.79 Å². The van der Waals surface area contributed by atoms with E-state index < -0.39 is 29.7 Å². The van der Waals surface area contributed by atoms with Gasteiger partial charge in [-0.2, -0.15) is 0 Å². The summed E-state index contributed by atoms with van der Waals surface area (Å²) in [6.07, 6.45) is 5.86. The summed E-state index contributed by atoms with van der Waals surface area (Å²) < 4.78 is 26.2. The van der Waals surface area contributed by atoms with Crippen LogP contribution in [0, 0.1) is 17.7 Å². The lowest BCUT2D eigenvalue weighted by atomic mass is 9.92. The number of amides is 2. The molecular formula is C28H34FN3O5. The van der Waals surface area contributed by atoms with Crippen LogP contribution >= 0.6 is 0 Å². The lowest BCUT2D eigenvalue weighted by Crippen LogP contribution is -2.40. The number of hydrogen-bond acceptors (Lipinski definition) is 5. The Bertz CT molecular complexity index is 1180. The predicted octanol–water partition coefficient (Wildman–Crippen LogP) is 6.18. The highest BCUT2D eigenvalue weighted by atomic mass is 19.1. The number of hydrogen-bond donors (Lipinski definition) is 3. The predicted molar refractivity (Wildman–Crippen MR) is 139 cm³/mol. The number of carboxylic acid groups (broad SMARTS) is 1. The highest BCUT2D eigenvalue weighted by Crippen LogP contribution is 2.50. The van der Waals surface area contributed by atoms with Crippen LogP contribution in [0.15, 0.2) is 30.3 Å². The van der Waals surface area contributed by atoms with E-state index in [1.54, 1.807) is 24.3 Å². The van der Waals surface area contributed by atoms with Gasteiger partial charge in [0.15, 0.2) is 11.5 Å².